The number of ether oxygens (including phenoxy) is 2. The number of fused-ring (bicyclic) bond motifs is 1. The Bertz CT molecular complexity index is 1100. The first-order valence-corrected chi connectivity index (χ1v) is 9.49. The Hall–Kier alpha value is -3.16. The fourth-order valence-corrected chi connectivity index (χ4v) is 3.00. The summed E-state index contributed by atoms with van der Waals surface area (Å²) in [6, 6.07) is 11.5. The zero-order chi connectivity index (χ0) is 20.1. The maximum Gasteiger partial charge on any atom is 0.138 e. The average Bonchev–Trinajstić information content (AvgIpc) is 3.20. The first-order valence-electron chi connectivity index (χ1n) is 9.12. The number of aromatic nitrogens is 4. The third-order valence-electron chi connectivity index (χ3n) is 4.34. The number of pyridine rings is 2. The predicted octanol–water partition coefficient (Wildman–Crippen LogP) is 4.45. The van der Waals surface area contributed by atoms with E-state index >= 15 is 0 Å². The molecular weight excluding hydrogens is 390 g/mol. The lowest BCUT2D eigenvalue weighted by Crippen LogP contribution is -2.04. The molecule has 0 aliphatic heterocycles. The summed E-state index contributed by atoms with van der Waals surface area (Å²) in [5, 5.41) is 10.0. The predicted molar refractivity (Wildman–Crippen MR) is 113 cm³/mol. The molecule has 3 aromatic heterocycles. The van der Waals surface area contributed by atoms with Gasteiger partial charge in [0.25, 0.3) is 0 Å². The van der Waals surface area contributed by atoms with Gasteiger partial charge in [-0.2, -0.15) is 5.10 Å². The SMILES string of the molecule is COCCn1cc(COc2ccc3c(Nc4ccc(Cl)nc4)nccc3c2)cn1. The number of rotatable bonds is 8. The first kappa shape index (κ1) is 19.2. The molecule has 0 unspecified atom stereocenters. The van der Waals surface area contributed by atoms with Gasteiger partial charge in [-0.3, -0.25) is 4.68 Å². The van der Waals surface area contributed by atoms with Crippen LogP contribution < -0.4 is 10.1 Å². The van der Waals surface area contributed by atoms with E-state index in [0.717, 1.165) is 40.1 Å². The van der Waals surface area contributed by atoms with Crippen LogP contribution in [-0.2, 0) is 17.9 Å². The third-order valence-corrected chi connectivity index (χ3v) is 4.57. The fourth-order valence-electron chi connectivity index (χ4n) is 2.89. The molecule has 4 aromatic rings. The van der Waals surface area contributed by atoms with Crippen LogP contribution in [0.15, 0.2) is 61.2 Å². The Balaban J connectivity index is 1.46. The van der Waals surface area contributed by atoms with E-state index in [4.69, 9.17) is 21.1 Å². The van der Waals surface area contributed by atoms with E-state index in [1.165, 1.54) is 0 Å². The van der Waals surface area contributed by atoms with Gasteiger partial charge in [0.15, 0.2) is 0 Å². The number of hydrogen-bond acceptors (Lipinski definition) is 6. The maximum absolute atomic E-state index is 5.94. The minimum absolute atomic E-state index is 0.450. The molecule has 0 atom stereocenters. The van der Waals surface area contributed by atoms with Crippen molar-refractivity contribution < 1.29 is 9.47 Å². The van der Waals surface area contributed by atoms with Gasteiger partial charge in [0.2, 0.25) is 0 Å². The molecule has 0 aliphatic rings. The number of hydrogen-bond donors (Lipinski definition) is 1. The van der Waals surface area contributed by atoms with Crippen molar-refractivity contribution in [1.29, 1.82) is 0 Å². The molecule has 148 valence electrons. The van der Waals surface area contributed by atoms with E-state index < -0.39 is 0 Å². The van der Waals surface area contributed by atoms with Crippen molar-refractivity contribution in [2.45, 2.75) is 13.2 Å². The highest BCUT2D eigenvalue weighted by atomic mass is 35.5. The van der Waals surface area contributed by atoms with Crippen molar-refractivity contribution >= 4 is 33.9 Å². The van der Waals surface area contributed by atoms with Crippen LogP contribution in [0.4, 0.5) is 11.5 Å². The molecule has 0 fully saturated rings. The molecule has 0 saturated heterocycles. The molecular formula is C21H20ClN5O2. The first-order chi connectivity index (χ1) is 14.2. The number of anilines is 2. The van der Waals surface area contributed by atoms with Crippen molar-refractivity contribution in [1.82, 2.24) is 19.7 Å². The number of nitrogens with one attached hydrogen (secondary N) is 1. The molecule has 0 radical (unpaired) electrons. The van der Waals surface area contributed by atoms with Gasteiger partial charge in [-0.25, -0.2) is 9.97 Å². The quantitative estimate of drug-likeness (QED) is 0.433. The second-order valence-electron chi connectivity index (χ2n) is 6.43. The van der Waals surface area contributed by atoms with Gasteiger partial charge < -0.3 is 14.8 Å². The van der Waals surface area contributed by atoms with Crippen LogP contribution in [0.5, 0.6) is 5.75 Å². The highest BCUT2D eigenvalue weighted by molar-refractivity contribution is 6.29. The second-order valence-corrected chi connectivity index (χ2v) is 6.82. The van der Waals surface area contributed by atoms with Crippen LogP contribution in [0.1, 0.15) is 5.56 Å². The number of benzene rings is 1. The van der Waals surface area contributed by atoms with Crippen molar-refractivity contribution in [3.63, 3.8) is 0 Å². The van der Waals surface area contributed by atoms with Crippen LogP contribution in [0.2, 0.25) is 5.15 Å². The second kappa shape index (κ2) is 8.89. The Labute approximate surface area is 173 Å². The van der Waals surface area contributed by atoms with Gasteiger partial charge in [-0.1, -0.05) is 11.6 Å². The molecule has 0 bridgehead atoms. The molecule has 1 N–H and O–H groups in total. The van der Waals surface area contributed by atoms with E-state index in [-0.39, 0.29) is 0 Å². The molecule has 7 nitrogen and oxygen atoms in total. The van der Waals surface area contributed by atoms with Gasteiger partial charge in [0.1, 0.15) is 23.3 Å². The normalized spacial score (nSPS) is 11.0. The number of halogens is 1. The molecule has 0 amide bonds. The van der Waals surface area contributed by atoms with Gasteiger partial charge in [0, 0.05) is 30.5 Å². The standard InChI is InChI=1S/C21H20ClN5O2/c1-28-9-8-27-13-15(11-25-27)14-29-18-3-4-19-16(10-18)6-7-23-21(19)26-17-2-5-20(22)24-12-17/h2-7,10-13H,8-9,14H2,1H3,(H,23,26). The van der Waals surface area contributed by atoms with E-state index in [0.29, 0.717) is 18.4 Å². The lowest BCUT2D eigenvalue weighted by Gasteiger charge is -2.10. The fraction of sp³-hybridized carbons (Fsp3) is 0.190. The Morgan fingerprint density at radius 2 is 2.03 bits per heavy atom. The van der Waals surface area contributed by atoms with Crippen LogP contribution in [-0.4, -0.2) is 33.5 Å². The van der Waals surface area contributed by atoms with Crippen molar-refractivity contribution in [3.05, 3.63) is 71.9 Å². The summed E-state index contributed by atoms with van der Waals surface area (Å²) in [4.78, 5) is 8.52. The van der Waals surface area contributed by atoms with Crippen molar-refractivity contribution in [2.75, 3.05) is 19.0 Å². The highest BCUT2D eigenvalue weighted by Crippen LogP contribution is 2.28. The van der Waals surface area contributed by atoms with Crippen molar-refractivity contribution in [2.24, 2.45) is 0 Å². The lowest BCUT2D eigenvalue weighted by atomic mass is 10.1. The molecule has 0 aliphatic carbocycles. The van der Waals surface area contributed by atoms with E-state index in [2.05, 4.69) is 20.4 Å². The van der Waals surface area contributed by atoms with Gasteiger partial charge in [0.05, 0.1) is 31.2 Å². The summed E-state index contributed by atoms with van der Waals surface area (Å²) in [6.45, 7) is 1.80. The van der Waals surface area contributed by atoms with Crippen LogP contribution in [0.25, 0.3) is 10.8 Å². The Kier molecular flexibility index (Phi) is 5.88. The zero-order valence-electron chi connectivity index (χ0n) is 15.9. The minimum Gasteiger partial charge on any atom is -0.489 e. The summed E-state index contributed by atoms with van der Waals surface area (Å²) in [5.74, 6) is 1.53. The van der Waals surface area contributed by atoms with E-state index in [9.17, 15) is 0 Å². The van der Waals surface area contributed by atoms with Gasteiger partial charge in [-0.05, 0) is 41.8 Å². The van der Waals surface area contributed by atoms with Crippen LogP contribution >= 0.6 is 11.6 Å². The van der Waals surface area contributed by atoms with Crippen LogP contribution in [0, 0.1) is 0 Å². The van der Waals surface area contributed by atoms with Crippen molar-refractivity contribution in [3.8, 4) is 5.75 Å². The Morgan fingerprint density at radius 3 is 2.86 bits per heavy atom. The number of nitrogens with zero attached hydrogens (tertiary/aromatic N) is 4. The topological polar surface area (TPSA) is 74.1 Å². The molecule has 4 rings (SSSR count). The maximum atomic E-state index is 5.94. The molecule has 3 heterocycles. The number of methoxy groups -OCH3 is 1. The molecule has 29 heavy (non-hydrogen) atoms. The largest absolute Gasteiger partial charge is 0.489 e. The summed E-state index contributed by atoms with van der Waals surface area (Å²) in [7, 11) is 1.68. The Morgan fingerprint density at radius 1 is 1.10 bits per heavy atom. The van der Waals surface area contributed by atoms with Gasteiger partial charge in [-0.15, -0.1) is 0 Å². The summed E-state index contributed by atoms with van der Waals surface area (Å²) >= 11 is 5.85. The smallest absolute Gasteiger partial charge is 0.138 e. The molecule has 8 heteroatoms. The van der Waals surface area contributed by atoms with Crippen LogP contribution in [0.3, 0.4) is 0 Å². The minimum atomic E-state index is 0.450. The van der Waals surface area contributed by atoms with E-state index in [1.54, 1.807) is 25.6 Å². The molecule has 0 saturated carbocycles. The molecule has 0 spiro atoms. The molecule has 1 aromatic carbocycles. The zero-order valence-corrected chi connectivity index (χ0v) is 16.6. The third kappa shape index (κ3) is 4.82. The summed E-state index contributed by atoms with van der Waals surface area (Å²) < 4.78 is 12.9. The average molecular weight is 410 g/mol. The van der Waals surface area contributed by atoms with E-state index in [1.807, 2.05) is 47.4 Å². The van der Waals surface area contributed by atoms with Gasteiger partial charge >= 0.3 is 0 Å². The highest BCUT2D eigenvalue weighted by Gasteiger charge is 2.06. The monoisotopic (exact) mass is 409 g/mol. The summed E-state index contributed by atoms with van der Waals surface area (Å²) in [5.41, 5.74) is 1.83. The lowest BCUT2D eigenvalue weighted by molar-refractivity contribution is 0.183. The summed E-state index contributed by atoms with van der Waals surface area (Å²) in [6.07, 6.45) is 7.21.